The molecule has 12 heteroatoms. The number of ether oxygens (including phenoxy) is 1. The van der Waals surface area contributed by atoms with Crippen LogP contribution in [0.4, 0.5) is 11.4 Å². The molecule has 3 amide bonds. The number of carbonyl (C=O) groups excluding carboxylic acids is 3. The molecule has 2 unspecified atom stereocenters. The van der Waals surface area contributed by atoms with Crippen LogP contribution in [-0.4, -0.2) is 53.7 Å². The highest BCUT2D eigenvalue weighted by atomic mass is 35.5. The second-order valence-corrected chi connectivity index (χ2v) is 16.3. The van der Waals surface area contributed by atoms with Gasteiger partial charge < -0.3 is 15.4 Å². The Kier molecular flexibility index (Phi) is 12.9. The number of amidine groups is 1. The van der Waals surface area contributed by atoms with E-state index in [4.69, 9.17) is 39.5 Å². The van der Waals surface area contributed by atoms with E-state index in [0.717, 1.165) is 42.7 Å². The van der Waals surface area contributed by atoms with Gasteiger partial charge in [0.05, 0.1) is 10.0 Å². The topological polar surface area (TPSA) is 103 Å². The fourth-order valence-corrected chi connectivity index (χ4v) is 7.52. The molecule has 53 heavy (non-hydrogen) atoms. The third-order valence-electron chi connectivity index (χ3n) is 10.7. The van der Waals surface area contributed by atoms with Crippen molar-refractivity contribution in [3.8, 4) is 5.75 Å². The SMILES string of the molecule is CCC(Oc1ccc(C(C)(C)CC)cc1C(C)(C)CC)C(=O)Nc1cccc(C(=O)NC2=NN(c3c(Cl)cc(Cl)cc3Cl)C(=O)C2N2CCCCC2)c1. The number of hydrazone groups is 1. The van der Waals surface area contributed by atoms with Gasteiger partial charge in [0, 0.05) is 21.8 Å². The second-order valence-electron chi connectivity index (χ2n) is 15.1. The van der Waals surface area contributed by atoms with E-state index in [0.29, 0.717) is 36.0 Å². The fraction of sp³-hybridized carbons (Fsp3) is 0.463. The normalized spacial score (nSPS) is 17.4. The Bertz CT molecular complexity index is 1870. The number of halogens is 3. The van der Waals surface area contributed by atoms with Crippen LogP contribution < -0.4 is 20.4 Å². The van der Waals surface area contributed by atoms with Crippen molar-refractivity contribution >= 4 is 69.7 Å². The lowest BCUT2D eigenvalue weighted by Crippen LogP contribution is -2.53. The largest absolute Gasteiger partial charge is 0.480 e. The van der Waals surface area contributed by atoms with Crippen molar-refractivity contribution in [3.05, 3.63) is 86.4 Å². The molecule has 5 rings (SSSR count). The van der Waals surface area contributed by atoms with Crippen molar-refractivity contribution in [2.24, 2.45) is 5.10 Å². The van der Waals surface area contributed by atoms with Crippen LogP contribution in [0.25, 0.3) is 0 Å². The minimum absolute atomic E-state index is 0.00180. The number of nitrogens with one attached hydrogen (secondary N) is 2. The average Bonchev–Trinajstić information content (AvgIpc) is 3.44. The number of likely N-dealkylation sites (tertiary alicyclic amines) is 1. The van der Waals surface area contributed by atoms with Gasteiger partial charge in [0.1, 0.15) is 11.4 Å². The Morgan fingerprint density at radius 1 is 0.887 bits per heavy atom. The summed E-state index contributed by atoms with van der Waals surface area (Å²) in [6.07, 6.45) is 4.44. The van der Waals surface area contributed by atoms with E-state index in [2.05, 4.69) is 69.4 Å². The summed E-state index contributed by atoms with van der Waals surface area (Å²) in [5.41, 5.74) is 3.02. The monoisotopic (exact) mass is 781 g/mol. The van der Waals surface area contributed by atoms with Crippen molar-refractivity contribution in [1.29, 1.82) is 0 Å². The van der Waals surface area contributed by atoms with E-state index in [1.165, 1.54) is 17.7 Å². The molecule has 0 saturated carbocycles. The molecule has 2 aliphatic heterocycles. The molecule has 1 saturated heterocycles. The summed E-state index contributed by atoms with van der Waals surface area (Å²) in [5, 5.41) is 12.1. The van der Waals surface area contributed by atoms with Crippen LogP contribution >= 0.6 is 34.8 Å². The maximum atomic E-state index is 13.9. The van der Waals surface area contributed by atoms with Gasteiger partial charge in [-0.2, -0.15) is 5.01 Å². The maximum Gasteiger partial charge on any atom is 0.272 e. The molecule has 3 aromatic carbocycles. The minimum Gasteiger partial charge on any atom is -0.480 e. The van der Waals surface area contributed by atoms with Crippen molar-refractivity contribution in [2.45, 2.75) is 110 Å². The molecule has 0 aromatic heterocycles. The highest BCUT2D eigenvalue weighted by Crippen LogP contribution is 2.40. The number of nitrogens with zero attached hydrogens (tertiary/aromatic N) is 3. The summed E-state index contributed by atoms with van der Waals surface area (Å²) in [7, 11) is 0. The molecule has 0 radical (unpaired) electrons. The molecule has 284 valence electrons. The van der Waals surface area contributed by atoms with Crippen LogP contribution in [-0.2, 0) is 20.4 Å². The van der Waals surface area contributed by atoms with E-state index in [-0.39, 0.29) is 49.8 Å². The van der Waals surface area contributed by atoms with Gasteiger partial charge in [-0.3, -0.25) is 19.3 Å². The third-order valence-corrected chi connectivity index (χ3v) is 11.5. The van der Waals surface area contributed by atoms with E-state index in [9.17, 15) is 14.4 Å². The molecule has 0 aliphatic carbocycles. The third kappa shape index (κ3) is 9.02. The Hall–Kier alpha value is -3.63. The summed E-state index contributed by atoms with van der Waals surface area (Å²) in [6, 6.07) is 15.1. The number of benzene rings is 3. The van der Waals surface area contributed by atoms with Gasteiger partial charge in [0.2, 0.25) is 0 Å². The first kappa shape index (κ1) is 40.6. The smallest absolute Gasteiger partial charge is 0.272 e. The Morgan fingerprint density at radius 3 is 2.17 bits per heavy atom. The van der Waals surface area contributed by atoms with Crippen LogP contribution in [0.1, 0.15) is 108 Å². The van der Waals surface area contributed by atoms with Gasteiger partial charge in [0.15, 0.2) is 18.0 Å². The molecule has 0 bridgehead atoms. The number of hydrogen-bond acceptors (Lipinski definition) is 6. The van der Waals surface area contributed by atoms with Crippen molar-refractivity contribution in [3.63, 3.8) is 0 Å². The van der Waals surface area contributed by atoms with Gasteiger partial charge in [-0.25, -0.2) is 0 Å². The lowest BCUT2D eigenvalue weighted by molar-refractivity contribution is -0.123. The van der Waals surface area contributed by atoms with Gasteiger partial charge >= 0.3 is 0 Å². The van der Waals surface area contributed by atoms with Crippen molar-refractivity contribution < 1.29 is 19.1 Å². The summed E-state index contributed by atoms with van der Waals surface area (Å²) < 4.78 is 6.46. The molecular formula is C41H50Cl3N5O4. The van der Waals surface area contributed by atoms with Gasteiger partial charge in [0.25, 0.3) is 17.7 Å². The van der Waals surface area contributed by atoms with Gasteiger partial charge in [-0.15, -0.1) is 5.10 Å². The Labute approximate surface area is 328 Å². The van der Waals surface area contributed by atoms with Crippen LogP contribution in [0.2, 0.25) is 15.1 Å². The number of hydrogen-bond donors (Lipinski definition) is 2. The number of anilines is 2. The van der Waals surface area contributed by atoms with E-state index in [1.807, 2.05) is 17.9 Å². The van der Waals surface area contributed by atoms with E-state index in [1.54, 1.807) is 24.3 Å². The zero-order valence-electron chi connectivity index (χ0n) is 31.6. The lowest BCUT2D eigenvalue weighted by Gasteiger charge is -2.31. The Balaban J connectivity index is 1.36. The van der Waals surface area contributed by atoms with Crippen LogP contribution in [0.5, 0.6) is 5.75 Å². The molecule has 0 spiro atoms. The number of rotatable bonds is 12. The standard InChI is InChI=1S/C41H50Cl3N5O4/c1-8-32(53-33-18-17-26(40(4,5)9-2)22-29(33)41(6,7)10-3)38(51)45-28-16-14-15-25(21-28)37(50)46-36-35(48-19-12-11-13-20-48)39(52)49(47-36)34-30(43)23-27(42)24-31(34)44/h14-18,21-24,32,35H,8-13,19-20H2,1-7H3,(H,45,51)(H,46,47,50). The van der Waals surface area contributed by atoms with Crippen molar-refractivity contribution in [2.75, 3.05) is 23.4 Å². The van der Waals surface area contributed by atoms with Crippen LogP contribution in [0.15, 0.2) is 59.7 Å². The molecule has 1 fully saturated rings. The molecule has 3 aromatic rings. The zero-order chi connectivity index (χ0) is 38.7. The zero-order valence-corrected chi connectivity index (χ0v) is 33.9. The predicted octanol–water partition coefficient (Wildman–Crippen LogP) is 9.76. The number of carbonyl (C=O) groups is 3. The average molecular weight is 783 g/mol. The quantitative estimate of drug-likeness (QED) is 0.191. The summed E-state index contributed by atoms with van der Waals surface area (Å²) in [5.74, 6) is -0.347. The summed E-state index contributed by atoms with van der Waals surface area (Å²) in [6.45, 7) is 16.4. The minimum atomic E-state index is -0.836. The maximum absolute atomic E-state index is 13.9. The first-order valence-electron chi connectivity index (χ1n) is 18.4. The summed E-state index contributed by atoms with van der Waals surface area (Å²) >= 11 is 19.1. The van der Waals surface area contributed by atoms with Crippen molar-refractivity contribution in [1.82, 2.24) is 10.2 Å². The Morgan fingerprint density at radius 2 is 1.55 bits per heavy atom. The molecule has 2 heterocycles. The molecular weight excluding hydrogens is 733 g/mol. The highest BCUT2D eigenvalue weighted by Gasteiger charge is 2.43. The first-order chi connectivity index (χ1) is 25.1. The summed E-state index contributed by atoms with van der Waals surface area (Å²) in [4.78, 5) is 43.3. The van der Waals surface area contributed by atoms with E-state index >= 15 is 0 Å². The molecule has 9 nitrogen and oxygen atoms in total. The van der Waals surface area contributed by atoms with Crippen LogP contribution in [0.3, 0.4) is 0 Å². The van der Waals surface area contributed by atoms with E-state index < -0.39 is 18.1 Å². The second kappa shape index (κ2) is 16.8. The number of amides is 3. The number of piperidine rings is 1. The highest BCUT2D eigenvalue weighted by molar-refractivity contribution is 6.43. The van der Waals surface area contributed by atoms with Gasteiger partial charge in [-0.1, -0.05) is 108 Å². The molecule has 2 atom stereocenters. The molecule has 2 N–H and O–H groups in total. The fourth-order valence-electron chi connectivity index (χ4n) is 6.54. The molecule has 2 aliphatic rings. The lowest BCUT2D eigenvalue weighted by atomic mass is 9.76. The predicted molar refractivity (Wildman–Crippen MR) is 216 cm³/mol. The van der Waals surface area contributed by atoms with Gasteiger partial charge in [-0.05, 0) is 98.0 Å². The first-order valence-corrected chi connectivity index (χ1v) is 19.6. The van der Waals surface area contributed by atoms with Crippen LogP contribution in [0, 0.1) is 0 Å².